The standard InChI is InChI=1S/C29H22F4N4O4S/c30-21-7-9-22(10-8-21)37-26-14-20-11-13-36(42(39,40)24-5-3-4-23(15-24)41-29(31,32)33)18-28(20,16-19(26)17-35-37)27(38)25-6-1-2-12-34-25/h1-10,12,14-15,17H,11,13,16,18H2/t28-/m0/s1. The van der Waals surface area contributed by atoms with Crippen LogP contribution in [0.4, 0.5) is 17.6 Å². The van der Waals surface area contributed by atoms with Gasteiger partial charge in [-0.15, -0.1) is 13.2 Å². The van der Waals surface area contributed by atoms with Crippen LogP contribution in [0.15, 0.2) is 89.6 Å². The van der Waals surface area contributed by atoms with E-state index in [-0.39, 0.29) is 37.4 Å². The van der Waals surface area contributed by atoms with Crippen molar-refractivity contribution < 1.29 is 35.5 Å². The molecule has 8 nitrogen and oxygen atoms in total. The number of piperidine rings is 1. The molecular formula is C29H22F4N4O4S. The number of halogens is 4. The van der Waals surface area contributed by atoms with E-state index in [1.807, 2.05) is 6.08 Å². The van der Waals surface area contributed by atoms with Gasteiger partial charge >= 0.3 is 6.36 Å². The van der Waals surface area contributed by atoms with Gasteiger partial charge in [0.1, 0.15) is 17.3 Å². The average Bonchev–Trinajstić information content (AvgIpc) is 3.37. The molecule has 1 aliphatic carbocycles. The molecule has 1 saturated heterocycles. The number of nitrogens with zero attached hydrogens (tertiary/aromatic N) is 4. The summed E-state index contributed by atoms with van der Waals surface area (Å²) in [4.78, 5) is 18.0. The number of pyridine rings is 1. The molecule has 3 heterocycles. The molecule has 2 aromatic heterocycles. The van der Waals surface area contributed by atoms with E-state index in [1.54, 1.807) is 41.2 Å². The molecule has 4 aromatic rings. The summed E-state index contributed by atoms with van der Waals surface area (Å²) in [6.07, 6.45) is 0.156. The molecule has 6 rings (SSSR count). The van der Waals surface area contributed by atoms with Crippen LogP contribution in [-0.2, 0) is 16.4 Å². The molecule has 13 heteroatoms. The molecule has 1 fully saturated rings. The lowest BCUT2D eigenvalue weighted by Gasteiger charge is -2.44. The van der Waals surface area contributed by atoms with E-state index in [0.29, 0.717) is 22.5 Å². The Balaban J connectivity index is 1.41. The van der Waals surface area contributed by atoms with Gasteiger partial charge in [-0.25, -0.2) is 17.5 Å². The van der Waals surface area contributed by atoms with Gasteiger partial charge in [-0.3, -0.25) is 9.78 Å². The highest BCUT2D eigenvalue weighted by Crippen LogP contribution is 2.47. The van der Waals surface area contributed by atoms with E-state index < -0.39 is 38.3 Å². The van der Waals surface area contributed by atoms with Crippen LogP contribution >= 0.6 is 0 Å². The number of hydrogen-bond donors (Lipinski definition) is 0. The summed E-state index contributed by atoms with van der Waals surface area (Å²) in [5.74, 6) is -1.46. The fraction of sp³-hybridized carbons (Fsp3) is 0.207. The van der Waals surface area contributed by atoms with Crippen molar-refractivity contribution in [2.45, 2.75) is 24.1 Å². The van der Waals surface area contributed by atoms with E-state index in [1.165, 1.54) is 24.4 Å². The monoisotopic (exact) mass is 598 g/mol. The molecule has 0 bridgehead atoms. The summed E-state index contributed by atoms with van der Waals surface area (Å²) in [6.45, 7) is -0.280. The van der Waals surface area contributed by atoms with Crippen molar-refractivity contribution in [1.82, 2.24) is 19.1 Å². The number of sulfonamides is 1. The van der Waals surface area contributed by atoms with Crippen molar-refractivity contribution >= 4 is 21.9 Å². The molecule has 216 valence electrons. The molecule has 2 aromatic carbocycles. The van der Waals surface area contributed by atoms with Crippen LogP contribution in [-0.4, -0.2) is 52.7 Å². The molecule has 0 saturated carbocycles. The molecule has 0 N–H and O–H groups in total. The third-order valence-corrected chi connectivity index (χ3v) is 9.30. The number of aromatic nitrogens is 3. The Kier molecular flexibility index (Phi) is 6.73. The van der Waals surface area contributed by atoms with E-state index in [0.717, 1.165) is 22.5 Å². The van der Waals surface area contributed by atoms with Gasteiger partial charge in [-0.05, 0) is 73.0 Å². The molecule has 1 aliphatic heterocycles. The zero-order chi connectivity index (χ0) is 29.7. The third-order valence-electron chi connectivity index (χ3n) is 7.46. The van der Waals surface area contributed by atoms with Crippen LogP contribution in [0.1, 0.15) is 28.2 Å². The smallest absolute Gasteiger partial charge is 0.406 e. The number of benzene rings is 2. The summed E-state index contributed by atoms with van der Waals surface area (Å²) < 4.78 is 86.1. The highest BCUT2D eigenvalue weighted by atomic mass is 32.2. The van der Waals surface area contributed by atoms with E-state index in [9.17, 15) is 30.8 Å². The van der Waals surface area contributed by atoms with Gasteiger partial charge in [-0.2, -0.15) is 9.40 Å². The number of ketones is 1. The Hall–Kier alpha value is -4.36. The maximum absolute atomic E-state index is 14.2. The summed E-state index contributed by atoms with van der Waals surface area (Å²) in [7, 11) is -4.33. The maximum Gasteiger partial charge on any atom is 0.573 e. The minimum atomic E-state index is -5.00. The number of Topliss-reactive ketones (excluding diaryl/α,β-unsaturated/α-hetero) is 1. The Bertz CT molecular complexity index is 1810. The predicted octanol–water partition coefficient (Wildman–Crippen LogP) is 5.21. The topological polar surface area (TPSA) is 94.4 Å². The molecule has 2 aliphatic rings. The Labute approximate surface area is 237 Å². The van der Waals surface area contributed by atoms with Gasteiger partial charge in [0.15, 0.2) is 5.78 Å². The molecule has 0 unspecified atom stereocenters. The molecule has 0 radical (unpaired) electrons. The van der Waals surface area contributed by atoms with Gasteiger partial charge < -0.3 is 4.74 Å². The van der Waals surface area contributed by atoms with Crippen LogP contribution in [0.2, 0.25) is 0 Å². The van der Waals surface area contributed by atoms with Gasteiger partial charge in [-0.1, -0.05) is 17.7 Å². The summed E-state index contributed by atoms with van der Waals surface area (Å²) in [5.41, 5.74) is 1.46. The first-order valence-corrected chi connectivity index (χ1v) is 14.3. The van der Waals surface area contributed by atoms with Crippen molar-refractivity contribution in [3.63, 3.8) is 0 Å². The quantitative estimate of drug-likeness (QED) is 0.224. The number of alkyl halides is 3. The van der Waals surface area contributed by atoms with Crippen molar-refractivity contribution in [2.24, 2.45) is 5.41 Å². The van der Waals surface area contributed by atoms with E-state index in [4.69, 9.17) is 0 Å². The lowest BCUT2D eigenvalue weighted by atomic mass is 9.65. The number of fused-ring (bicyclic) bond motifs is 2. The van der Waals surface area contributed by atoms with E-state index in [2.05, 4.69) is 14.8 Å². The zero-order valence-electron chi connectivity index (χ0n) is 21.8. The average molecular weight is 599 g/mol. The highest BCUT2D eigenvalue weighted by molar-refractivity contribution is 7.89. The maximum atomic E-state index is 14.2. The summed E-state index contributed by atoms with van der Waals surface area (Å²) >= 11 is 0. The number of hydrogen-bond acceptors (Lipinski definition) is 6. The van der Waals surface area contributed by atoms with Gasteiger partial charge in [0, 0.05) is 25.4 Å². The van der Waals surface area contributed by atoms with Crippen molar-refractivity contribution in [3.05, 3.63) is 107 Å². The Morgan fingerprint density at radius 1 is 1.02 bits per heavy atom. The van der Waals surface area contributed by atoms with Crippen molar-refractivity contribution in [2.75, 3.05) is 13.1 Å². The fourth-order valence-corrected chi connectivity index (χ4v) is 7.07. The van der Waals surface area contributed by atoms with Crippen LogP contribution in [0.25, 0.3) is 11.8 Å². The van der Waals surface area contributed by atoms with Gasteiger partial charge in [0.25, 0.3) is 0 Å². The third kappa shape index (κ3) is 4.98. The first-order valence-electron chi connectivity index (χ1n) is 12.8. The Morgan fingerprint density at radius 2 is 1.81 bits per heavy atom. The molecule has 1 atom stereocenters. The number of carbonyl (C=O) groups is 1. The second-order valence-electron chi connectivity index (χ2n) is 10.0. The second-order valence-corrected chi connectivity index (χ2v) is 12.0. The minimum Gasteiger partial charge on any atom is -0.406 e. The molecule has 0 amide bonds. The van der Waals surface area contributed by atoms with Crippen LogP contribution in [0.3, 0.4) is 0 Å². The predicted molar refractivity (Wildman–Crippen MR) is 143 cm³/mol. The normalized spacial score (nSPS) is 19.0. The fourth-order valence-electron chi connectivity index (χ4n) is 5.53. The van der Waals surface area contributed by atoms with Crippen molar-refractivity contribution in [1.29, 1.82) is 0 Å². The number of ether oxygens (including phenoxy) is 1. The second kappa shape index (κ2) is 10.2. The molecule has 42 heavy (non-hydrogen) atoms. The molecule has 0 spiro atoms. The lowest BCUT2D eigenvalue weighted by molar-refractivity contribution is -0.274. The first-order chi connectivity index (χ1) is 20.0. The first kappa shape index (κ1) is 27.8. The van der Waals surface area contributed by atoms with Crippen LogP contribution < -0.4 is 4.74 Å². The van der Waals surface area contributed by atoms with Gasteiger partial charge in [0.05, 0.1) is 27.9 Å². The van der Waals surface area contributed by atoms with E-state index >= 15 is 0 Å². The highest BCUT2D eigenvalue weighted by Gasteiger charge is 2.51. The largest absolute Gasteiger partial charge is 0.573 e. The Morgan fingerprint density at radius 3 is 2.52 bits per heavy atom. The minimum absolute atomic E-state index is 0.0181. The van der Waals surface area contributed by atoms with Crippen LogP contribution in [0, 0.1) is 11.2 Å². The van der Waals surface area contributed by atoms with Gasteiger partial charge in [0.2, 0.25) is 10.0 Å². The van der Waals surface area contributed by atoms with Crippen LogP contribution in [0.5, 0.6) is 5.75 Å². The SMILES string of the molecule is O=C(c1ccccn1)[C@]12Cc3cnn(-c4ccc(F)cc4)c3C=C1CCN(S(=O)(=O)c1cccc(OC(F)(F)F)c1)C2. The summed E-state index contributed by atoms with van der Waals surface area (Å²) in [6, 6.07) is 14.8. The number of rotatable bonds is 6. The summed E-state index contributed by atoms with van der Waals surface area (Å²) in [5, 5.41) is 4.46. The zero-order valence-corrected chi connectivity index (χ0v) is 22.6. The lowest BCUT2D eigenvalue weighted by Crippen LogP contribution is -2.53. The molecular weight excluding hydrogens is 576 g/mol. The van der Waals surface area contributed by atoms with Crippen molar-refractivity contribution in [3.8, 4) is 11.4 Å². The number of carbonyl (C=O) groups excluding carboxylic acids is 1.